The van der Waals surface area contributed by atoms with Crippen LogP contribution in [-0.4, -0.2) is 16.1 Å². The van der Waals surface area contributed by atoms with Gasteiger partial charge in [0.2, 0.25) is 0 Å². The van der Waals surface area contributed by atoms with E-state index in [1.54, 1.807) is 12.1 Å². The summed E-state index contributed by atoms with van der Waals surface area (Å²) in [5.41, 5.74) is -0.00727. The average molecular weight is 273 g/mol. The van der Waals surface area contributed by atoms with E-state index < -0.39 is 5.54 Å². The Morgan fingerprint density at radius 1 is 1.30 bits per heavy atom. The second-order valence-corrected chi connectivity index (χ2v) is 4.85. The highest BCUT2D eigenvalue weighted by Gasteiger charge is 2.46. The highest BCUT2D eigenvalue weighted by atomic mass is 19.1. The molecule has 1 fully saturated rings. The maximum absolute atomic E-state index is 13.3. The van der Waals surface area contributed by atoms with Gasteiger partial charge in [-0.15, -0.1) is 0 Å². The molecule has 3 rings (SSSR count). The van der Waals surface area contributed by atoms with E-state index in [2.05, 4.69) is 15.5 Å². The van der Waals surface area contributed by atoms with Crippen molar-refractivity contribution in [1.29, 1.82) is 0 Å². The zero-order valence-electron chi connectivity index (χ0n) is 10.5. The quantitative estimate of drug-likeness (QED) is 0.885. The van der Waals surface area contributed by atoms with Crippen LogP contribution in [0.3, 0.4) is 0 Å². The van der Waals surface area contributed by atoms with Crippen molar-refractivity contribution in [1.82, 2.24) is 15.5 Å². The van der Waals surface area contributed by atoms with E-state index in [4.69, 9.17) is 0 Å². The van der Waals surface area contributed by atoms with Crippen molar-refractivity contribution in [2.45, 2.75) is 18.4 Å². The third-order valence-electron chi connectivity index (χ3n) is 3.39. The molecule has 20 heavy (non-hydrogen) atoms. The lowest BCUT2D eigenvalue weighted by Crippen LogP contribution is -2.35. The molecule has 1 heterocycles. The Morgan fingerprint density at radius 2 is 2.10 bits per heavy atom. The molecule has 0 atom stereocenters. The minimum absolute atomic E-state index is 0.132. The molecule has 1 aliphatic rings. The summed E-state index contributed by atoms with van der Waals surface area (Å²) in [6.45, 7) is 0. The molecule has 2 aromatic rings. The number of nitrogens with zero attached hydrogens (tertiary/aromatic N) is 1. The van der Waals surface area contributed by atoms with Gasteiger partial charge in [-0.25, -0.2) is 9.49 Å². The second-order valence-electron chi connectivity index (χ2n) is 4.85. The lowest BCUT2D eigenvalue weighted by molar-refractivity contribution is 0.0924. The Balaban J connectivity index is 1.82. The first-order chi connectivity index (χ1) is 9.59. The van der Waals surface area contributed by atoms with E-state index >= 15 is 0 Å². The van der Waals surface area contributed by atoms with Crippen molar-refractivity contribution >= 4 is 5.91 Å². The topological polar surface area (TPSA) is 74.8 Å². The van der Waals surface area contributed by atoms with Gasteiger partial charge in [0.1, 0.15) is 11.5 Å². The number of aromatic amines is 1. The number of halogens is 1. The second kappa shape index (κ2) is 4.56. The van der Waals surface area contributed by atoms with Gasteiger partial charge in [-0.3, -0.25) is 9.59 Å². The summed E-state index contributed by atoms with van der Waals surface area (Å²) < 4.78 is 13.3. The van der Waals surface area contributed by atoms with Crippen LogP contribution in [0.15, 0.2) is 41.2 Å². The smallest absolute Gasteiger partial charge is 0.272 e. The van der Waals surface area contributed by atoms with Crippen molar-refractivity contribution in [3.8, 4) is 0 Å². The van der Waals surface area contributed by atoms with Crippen LogP contribution in [0.1, 0.15) is 28.9 Å². The predicted octanol–water partition coefficient (Wildman–Crippen LogP) is 1.33. The van der Waals surface area contributed by atoms with Gasteiger partial charge in [0.05, 0.1) is 5.54 Å². The van der Waals surface area contributed by atoms with Crippen molar-refractivity contribution in [2.24, 2.45) is 0 Å². The maximum atomic E-state index is 13.3. The number of benzene rings is 1. The number of rotatable bonds is 3. The van der Waals surface area contributed by atoms with Crippen LogP contribution in [0.5, 0.6) is 0 Å². The normalized spacial score (nSPS) is 15.7. The Morgan fingerprint density at radius 3 is 2.70 bits per heavy atom. The fraction of sp³-hybridized carbons (Fsp3) is 0.214. The first-order valence-electron chi connectivity index (χ1n) is 6.23. The summed E-state index contributed by atoms with van der Waals surface area (Å²) in [5.74, 6) is -0.715. The van der Waals surface area contributed by atoms with Crippen LogP contribution in [-0.2, 0) is 5.54 Å². The number of H-pyrrole nitrogens is 1. The van der Waals surface area contributed by atoms with Crippen molar-refractivity contribution < 1.29 is 9.18 Å². The number of hydrogen-bond acceptors (Lipinski definition) is 3. The largest absolute Gasteiger partial charge is 0.341 e. The van der Waals surface area contributed by atoms with Crippen LogP contribution in [0.2, 0.25) is 0 Å². The SMILES string of the molecule is O=C(NC1(c2cccc(F)c2)CC1)c1ccc(=O)[nH]n1. The Labute approximate surface area is 113 Å². The highest BCUT2D eigenvalue weighted by Crippen LogP contribution is 2.45. The Bertz CT molecular complexity index is 702. The average Bonchev–Trinajstić information content (AvgIpc) is 3.20. The van der Waals surface area contributed by atoms with Gasteiger partial charge in [-0.1, -0.05) is 12.1 Å². The van der Waals surface area contributed by atoms with Crippen LogP contribution in [0.25, 0.3) is 0 Å². The summed E-state index contributed by atoms with van der Waals surface area (Å²) in [6.07, 6.45) is 1.51. The monoisotopic (exact) mass is 273 g/mol. The highest BCUT2D eigenvalue weighted by molar-refractivity contribution is 5.92. The molecular formula is C14H12FN3O2. The molecular weight excluding hydrogens is 261 g/mol. The van der Waals surface area contributed by atoms with E-state index in [9.17, 15) is 14.0 Å². The molecule has 0 bridgehead atoms. The molecule has 5 nitrogen and oxygen atoms in total. The van der Waals surface area contributed by atoms with Crippen LogP contribution in [0.4, 0.5) is 4.39 Å². The summed E-state index contributed by atoms with van der Waals surface area (Å²) in [4.78, 5) is 23.0. The summed E-state index contributed by atoms with van der Waals surface area (Å²) in [6, 6.07) is 8.80. The van der Waals surface area contributed by atoms with E-state index in [0.717, 1.165) is 18.4 Å². The molecule has 0 aliphatic heterocycles. The van der Waals surface area contributed by atoms with Crippen LogP contribution >= 0.6 is 0 Å². The van der Waals surface area contributed by atoms with Crippen molar-refractivity contribution in [3.63, 3.8) is 0 Å². The van der Waals surface area contributed by atoms with Crippen molar-refractivity contribution in [2.75, 3.05) is 0 Å². The number of carbonyl (C=O) groups is 1. The number of hydrogen-bond donors (Lipinski definition) is 2. The Kier molecular flexibility index (Phi) is 2.85. The summed E-state index contributed by atoms with van der Waals surface area (Å²) in [7, 11) is 0. The molecule has 1 aromatic carbocycles. The molecule has 0 radical (unpaired) electrons. The third-order valence-corrected chi connectivity index (χ3v) is 3.39. The number of amides is 1. The standard InChI is InChI=1S/C14H12FN3O2/c15-10-3-1-2-9(8-10)14(6-7-14)16-13(20)11-4-5-12(19)18-17-11/h1-5,8H,6-7H2,(H,16,20)(H,18,19). The fourth-order valence-corrected chi connectivity index (χ4v) is 2.15. The number of carbonyl (C=O) groups excluding carboxylic acids is 1. The van der Waals surface area contributed by atoms with E-state index in [-0.39, 0.29) is 23.0 Å². The summed E-state index contributed by atoms with van der Waals surface area (Å²) >= 11 is 0. The molecule has 1 aliphatic carbocycles. The molecule has 1 saturated carbocycles. The fourth-order valence-electron chi connectivity index (χ4n) is 2.15. The van der Waals surface area contributed by atoms with E-state index in [1.165, 1.54) is 24.3 Å². The molecule has 102 valence electrons. The minimum Gasteiger partial charge on any atom is -0.341 e. The van der Waals surface area contributed by atoms with Gasteiger partial charge in [-0.2, -0.15) is 5.10 Å². The predicted molar refractivity (Wildman–Crippen MR) is 69.6 cm³/mol. The van der Waals surface area contributed by atoms with Crippen LogP contribution in [0, 0.1) is 5.82 Å². The first-order valence-corrected chi connectivity index (χ1v) is 6.23. The number of nitrogens with one attached hydrogen (secondary N) is 2. The Hall–Kier alpha value is -2.50. The lowest BCUT2D eigenvalue weighted by atomic mass is 10.0. The molecule has 0 spiro atoms. The molecule has 0 unspecified atom stereocenters. The van der Waals surface area contributed by atoms with E-state index in [0.29, 0.717) is 0 Å². The lowest BCUT2D eigenvalue weighted by Gasteiger charge is -2.17. The maximum Gasteiger partial charge on any atom is 0.272 e. The summed E-state index contributed by atoms with van der Waals surface area (Å²) in [5, 5.41) is 8.74. The van der Waals surface area contributed by atoms with Gasteiger partial charge in [0.15, 0.2) is 0 Å². The molecule has 1 aromatic heterocycles. The van der Waals surface area contributed by atoms with Gasteiger partial charge in [0.25, 0.3) is 11.5 Å². The van der Waals surface area contributed by atoms with Gasteiger partial charge >= 0.3 is 0 Å². The molecule has 2 N–H and O–H groups in total. The number of aromatic nitrogens is 2. The molecule has 6 heteroatoms. The van der Waals surface area contributed by atoms with Gasteiger partial charge < -0.3 is 5.32 Å². The van der Waals surface area contributed by atoms with Crippen molar-refractivity contribution in [3.05, 3.63) is 63.8 Å². The van der Waals surface area contributed by atoms with Crippen LogP contribution < -0.4 is 10.9 Å². The van der Waals surface area contributed by atoms with Gasteiger partial charge in [-0.05, 0) is 36.6 Å². The zero-order chi connectivity index (χ0) is 14.2. The molecule has 0 saturated heterocycles. The first kappa shape index (κ1) is 12.5. The minimum atomic E-state index is -0.517. The molecule has 1 amide bonds. The third kappa shape index (κ3) is 2.32. The van der Waals surface area contributed by atoms with E-state index in [1.807, 2.05) is 0 Å². The van der Waals surface area contributed by atoms with Gasteiger partial charge in [0, 0.05) is 6.07 Å². The zero-order valence-corrected chi connectivity index (χ0v) is 10.5.